The van der Waals surface area contributed by atoms with Crippen LogP contribution in [0.2, 0.25) is 10.0 Å². The molecule has 1 aliphatic rings. The number of pyridine rings is 1. The number of nitrogens with one attached hydrogen (secondary N) is 2. The molecule has 186 valence electrons. The Morgan fingerprint density at radius 1 is 1.17 bits per heavy atom. The molecule has 1 aliphatic heterocycles. The van der Waals surface area contributed by atoms with Crippen LogP contribution in [0.25, 0.3) is 10.9 Å². The lowest BCUT2D eigenvalue weighted by Gasteiger charge is -2.24. The number of likely N-dealkylation sites (N-methyl/N-ethyl adjacent to an activating group) is 1. The molecule has 0 spiro atoms. The highest BCUT2D eigenvalue weighted by atomic mass is 35.5. The highest BCUT2D eigenvalue weighted by molar-refractivity contribution is 7.89. The molecular weight excluding hydrogens is 509 g/mol. The van der Waals surface area contributed by atoms with Crippen LogP contribution in [0.15, 0.2) is 53.4 Å². The number of rotatable bonds is 7. The Balaban J connectivity index is 1.29. The van der Waals surface area contributed by atoms with Gasteiger partial charge in [-0.05, 0) is 50.2 Å². The number of fused-ring (bicyclic) bond motifs is 1. The molecule has 0 bridgehead atoms. The summed E-state index contributed by atoms with van der Waals surface area (Å²) in [6.07, 6.45) is 0.700. The maximum atomic E-state index is 13.0. The molecule has 1 aromatic heterocycles. The van der Waals surface area contributed by atoms with E-state index in [9.17, 15) is 13.2 Å². The van der Waals surface area contributed by atoms with E-state index in [-0.39, 0.29) is 22.0 Å². The van der Waals surface area contributed by atoms with Crippen LogP contribution in [-0.4, -0.2) is 67.9 Å². The average Bonchev–Trinajstić information content (AvgIpc) is 3.29. The van der Waals surface area contributed by atoms with Gasteiger partial charge in [0.05, 0.1) is 26.1 Å². The maximum Gasteiger partial charge on any atom is 0.319 e. The molecular formula is C24H27Cl2N5O3S. The van der Waals surface area contributed by atoms with Crippen LogP contribution in [0, 0.1) is 6.92 Å². The van der Waals surface area contributed by atoms with Gasteiger partial charge in [0.25, 0.3) is 0 Å². The Labute approximate surface area is 215 Å². The van der Waals surface area contributed by atoms with E-state index in [4.69, 9.17) is 23.2 Å². The number of aryl methyl sites for hydroxylation is 1. The van der Waals surface area contributed by atoms with Crippen molar-refractivity contribution in [3.05, 3.63) is 64.3 Å². The number of amides is 2. The number of para-hydroxylation sites is 1. The first kappa shape index (κ1) is 25.7. The molecule has 4 rings (SSSR count). The zero-order chi connectivity index (χ0) is 25.2. The van der Waals surface area contributed by atoms with E-state index in [0.29, 0.717) is 36.8 Å². The van der Waals surface area contributed by atoms with Gasteiger partial charge in [-0.1, -0.05) is 41.4 Å². The van der Waals surface area contributed by atoms with Gasteiger partial charge in [0.2, 0.25) is 10.0 Å². The second-order valence-electron chi connectivity index (χ2n) is 8.55. The molecule has 8 nitrogen and oxygen atoms in total. The lowest BCUT2D eigenvalue weighted by Crippen LogP contribution is -2.40. The summed E-state index contributed by atoms with van der Waals surface area (Å²) in [7, 11) is -2.11. The van der Waals surface area contributed by atoms with Crippen molar-refractivity contribution in [1.29, 1.82) is 0 Å². The Morgan fingerprint density at radius 2 is 1.94 bits per heavy atom. The quantitative estimate of drug-likeness (QED) is 0.468. The number of hydrogen-bond donors (Lipinski definition) is 2. The summed E-state index contributed by atoms with van der Waals surface area (Å²) < 4.78 is 27.4. The van der Waals surface area contributed by atoms with Crippen molar-refractivity contribution < 1.29 is 13.2 Å². The summed E-state index contributed by atoms with van der Waals surface area (Å²) >= 11 is 11.9. The average molecular weight is 536 g/mol. The van der Waals surface area contributed by atoms with E-state index in [0.717, 1.165) is 23.1 Å². The summed E-state index contributed by atoms with van der Waals surface area (Å²) in [5.41, 5.74) is 2.36. The number of carbonyl (C=O) groups is 1. The zero-order valence-corrected chi connectivity index (χ0v) is 21.8. The fraction of sp³-hybridized carbons (Fsp3) is 0.333. The molecule has 1 saturated heterocycles. The molecule has 0 radical (unpaired) electrons. The molecule has 2 heterocycles. The van der Waals surface area contributed by atoms with Gasteiger partial charge in [0, 0.05) is 43.8 Å². The van der Waals surface area contributed by atoms with Crippen LogP contribution in [0.5, 0.6) is 0 Å². The monoisotopic (exact) mass is 535 g/mol. The first-order valence-electron chi connectivity index (χ1n) is 11.2. The second kappa shape index (κ2) is 10.7. The van der Waals surface area contributed by atoms with Gasteiger partial charge in [0.1, 0.15) is 0 Å². The van der Waals surface area contributed by atoms with Crippen LogP contribution >= 0.6 is 23.2 Å². The zero-order valence-electron chi connectivity index (χ0n) is 19.5. The third kappa shape index (κ3) is 5.87. The lowest BCUT2D eigenvalue weighted by atomic mass is 10.1. The number of hydrogen-bond acceptors (Lipinski definition) is 5. The Morgan fingerprint density at radius 3 is 2.71 bits per heavy atom. The molecule has 3 aromatic rings. The Hall–Kier alpha value is -2.43. The third-order valence-electron chi connectivity index (χ3n) is 6.14. The summed E-state index contributed by atoms with van der Waals surface area (Å²) in [6.45, 7) is 4.25. The lowest BCUT2D eigenvalue weighted by molar-refractivity contribution is 0.248. The standard InChI is InChI=1S/C24H27Cl2N5O3S/c1-16-13-23(19-5-3-4-6-22(19)28-16)29-24(32)27-10-12-31-11-9-17(15-31)30(2)35(33,34)18-7-8-20(25)21(26)14-18/h3-8,13-14,17H,9-12,15H2,1-2H3,(H2,27,28,29,32). The second-order valence-corrected chi connectivity index (χ2v) is 11.4. The third-order valence-corrected chi connectivity index (χ3v) is 8.78. The minimum absolute atomic E-state index is 0.116. The number of urea groups is 1. The van der Waals surface area contributed by atoms with E-state index >= 15 is 0 Å². The molecule has 0 aliphatic carbocycles. The highest BCUT2D eigenvalue weighted by Crippen LogP contribution is 2.28. The van der Waals surface area contributed by atoms with Crippen LogP contribution in [0.4, 0.5) is 10.5 Å². The first-order valence-corrected chi connectivity index (χ1v) is 13.4. The number of sulfonamides is 1. The summed E-state index contributed by atoms with van der Waals surface area (Å²) in [4.78, 5) is 19.2. The van der Waals surface area contributed by atoms with Crippen LogP contribution in [0.1, 0.15) is 12.1 Å². The smallest absolute Gasteiger partial charge is 0.319 e. The number of nitrogens with zero attached hydrogens (tertiary/aromatic N) is 3. The fourth-order valence-corrected chi connectivity index (χ4v) is 5.98. The van der Waals surface area contributed by atoms with E-state index < -0.39 is 10.0 Å². The topological polar surface area (TPSA) is 94.6 Å². The van der Waals surface area contributed by atoms with Crippen LogP contribution in [-0.2, 0) is 10.0 Å². The molecule has 2 amide bonds. The molecule has 0 saturated carbocycles. The summed E-state index contributed by atoms with van der Waals surface area (Å²) in [6, 6.07) is 13.3. The molecule has 2 aromatic carbocycles. The van der Waals surface area contributed by atoms with Gasteiger partial charge in [-0.25, -0.2) is 13.2 Å². The van der Waals surface area contributed by atoms with Crippen molar-refractivity contribution in [2.75, 3.05) is 38.5 Å². The highest BCUT2D eigenvalue weighted by Gasteiger charge is 2.33. The van der Waals surface area contributed by atoms with Crippen LogP contribution < -0.4 is 10.6 Å². The summed E-state index contributed by atoms with van der Waals surface area (Å²) in [5.74, 6) is 0. The molecule has 35 heavy (non-hydrogen) atoms. The van der Waals surface area contributed by atoms with Gasteiger partial charge in [-0.3, -0.25) is 9.88 Å². The fourth-order valence-electron chi connectivity index (χ4n) is 4.22. The number of anilines is 1. The summed E-state index contributed by atoms with van der Waals surface area (Å²) in [5, 5.41) is 7.18. The van der Waals surface area contributed by atoms with Gasteiger partial charge in [-0.2, -0.15) is 4.31 Å². The van der Waals surface area contributed by atoms with E-state index in [1.165, 1.54) is 22.5 Å². The predicted molar refractivity (Wildman–Crippen MR) is 140 cm³/mol. The molecule has 1 unspecified atom stereocenters. The molecule has 1 atom stereocenters. The number of halogens is 2. The Kier molecular flexibility index (Phi) is 7.83. The minimum atomic E-state index is -3.70. The van der Waals surface area contributed by atoms with Crippen molar-refractivity contribution in [1.82, 2.24) is 19.5 Å². The number of benzene rings is 2. The normalized spacial score (nSPS) is 16.7. The van der Waals surface area contributed by atoms with Crippen molar-refractivity contribution in [2.24, 2.45) is 0 Å². The SMILES string of the molecule is Cc1cc(NC(=O)NCCN2CCC(N(C)S(=O)(=O)c3ccc(Cl)c(Cl)c3)C2)c2ccccc2n1. The van der Waals surface area contributed by atoms with Crippen molar-refractivity contribution in [3.63, 3.8) is 0 Å². The van der Waals surface area contributed by atoms with Crippen molar-refractivity contribution in [3.8, 4) is 0 Å². The first-order chi connectivity index (χ1) is 16.6. The van der Waals surface area contributed by atoms with Crippen molar-refractivity contribution in [2.45, 2.75) is 24.3 Å². The van der Waals surface area contributed by atoms with Gasteiger partial charge >= 0.3 is 6.03 Å². The van der Waals surface area contributed by atoms with E-state index in [1.807, 2.05) is 37.3 Å². The maximum absolute atomic E-state index is 13.0. The molecule has 2 N–H and O–H groups in total. The minimum Gasteiger partial charge on any atom is -0.337 e. The van der Waals surface area contributed by atoms with E-state index in [2.05, 4.69) is 20.5 Å². The Bertz CT molecular complexity index is 1350. The van der Waals surface area contributed by atoms with Gasteiger partial charge < -0.3 is 10.6 Å². The number of carbonyl (C=O) groups excluding carboxylic acids is 1. The van der Waals surface area contributed by atoms with E-state index in [1.54, 1.807) is 7.05 Å². The van der Waals surface area contributed by atoms with Crippen LogP contribution in [0.3, 0.4) is 0 Å². The van der Waals surface area contributed by atoms with Gasteiger partial charge in [0.15, 0.2) is 0 Å². The number of likely N-dealkylation sites (tertiary alicyclic amines) is 1. The predicted octanol–water partition coefficient (Wildman–Crippen LogP) is 4.37. The number of aromatic nitrogens is 1. The van der Waals surface area contributed by atoms with Gasteiger partial charge in [-0.15, -0.1) is 0 Å². The molecule has 1 fully saturated rings. The van der Waals surface area contributed by atoms with Crippen molar-refractivity contribution >= 4 is 55.8 Å². The molecule has 11 heteroatoms. The largest absolute Gasteiger partial charge is 0.337 e.